The fraction of sp³-hybridized carbons (Fsp3) is 0.538. The van der Waals surface area contributed by atoms with Gasteiger partial charge in [0, 0.05) is 43.2 Å². The lowest BCUT2D eigenvalue weighted by molar-refractivity contribution is -0.137. The molecule has 1 N–H and O–H groups in total. The number of hydrogen-bond acceptors (Lipinski definition) is 4. The lowest BCUT2D eigenvalue weighted by atomic mass is 9.81. The van der Waals surface area contributed by atoms with Gasteiger partial charge in [0.1, 0.15) is 0 Å². The maximum Gasteiger partial charge on any atom is 0.416 e. The van der Waals surface area contributed by atoms with Gasteiger partial charge in [-0.05, 0) is 78.1 Å². The summed E-state index contributed by atoms with van der Waals surface area (Å²) in [7, 11) is 0. The minimum absolute atomic E-state index is 0.0150. The summed E-state index contributed by atoms with van der Waals surface area (Å²) in [5.74, 6) is 0.737. The zero-order chi connectivity index (χ0) is 33.4. The fourth-order valence-electron chi connectivity index (χ4n) is 7.31. The van der Waals surface area contributed by atoms with Crippen molar-refractivity contribution < 1.29 is 27.5 Å². The Morgan fingerprint density at radius 3 is 2.36 bits per heavy atom. The Kier molecular flexibility index (Phi) is 12.1. The van der Waals surface area contributed by atoms with E-state index in [0.29, 0.717) is 23.9 Å². The number of amides is 1. The number of allylic oxidation sites excluding steroid dienone is 2. The Morgan fingerprint density at radius 2 is 1.70 bits per heavy atom. The molecule has 1 atom stereocenters. The maximum absolute atomic E-state index is 13.3. The Bertz CT molecular complexity index is 1530. The molecule has 1 aliphatic heterocycles. The van der Waals surface area contributed by atoms with Gasteiger partial charge in [-0.2, -0.15) is 13.2 Å². The van der Waals surface area contributed by atoms with Crippen molar-refractivity contribution in [2.45, 2.75) is 77.8 Å². The third-order valence-corrected chi connectivity index (χ3v) is 10.0. The summed E-state index contributed by atoms with van der Waals surface area (Å²) in [5, 5.41) is 5.43. The largest absolute Gasteiger partial charge is 0.416 e. The van der Waals surface area contributed by atoms with Gasteiger partial charge in [0.15, 0.2) is 5.78 Å². The highest BCUT2D eigenvalue weighted by atomic mass is 19.4. The zero-order valence-corrected chi connectivity index (χ0v) is 27.8. The summed E-state index contributed by atoms with van der Waals surface area (Å²) in [6, 6.07) is 8.93. The minimum Gasteiger partial charge on any atom is -0.379 e. The predicted molar refractivity (Wildman–Crippen MR) is 181 cm³/mol. The second kappa shape index (κ2) is 16.2. The molecule has 2 aromatic carbocycles. The number of Topliss-reactive ketones (excluding diaryl/α,β-unsaturated/α-hetero) is 1. The third kappa shape index (κ3) is 9.66. The molecule has 0 aromatic heterocycles. The molecule has 1 amide bonds. The molecule has 1 unspecified atom stereocenters. The van der Waals surface area contributed by atoms with E-state index in [1.165, 1.54) is 22.9 Å². The molecule has 1 saturated carbocycles. The van der Waals surface area contributed by atoms with Gasteiger partial charge < -0.3 is 10.1 Å². The molecule has 0 bridgehead atoms. The van der Waals surface area contributed by atoms with E-state index in [2.05, 4.69) is 54.4 Å². The Labute approximate surface area is 276 Å². The summed E-state index contributed by atoms with van der Waals surface area (Å²) >= 11 is 0. The van der Waals surface area contributed by atoms with Gasteiger partial charge in [0.05, 0.1) is 18.8 Å². The highest BCUT2D eigenvalue weighted by Crippen LogP contribution is 2.33. The Balaban J connectivity index is 1.21. The molecule has 5 rings (SSSR count). The van der Waals surface area contributed by atoms with Crippen LogP contribution in [-0.2, 0) is 17.3 Å². The van der Waals surface area contributed by atoms with Crippen molar-refractivity contribution in [3.63, 3.8) is 0 Å². The van der Waals surface area contributed by atoms with E-state index >= 15 is 0 Å². The Morgan fingerprint density at radius 1 is 1.00 bits per heavy atom. The number of nitrogens with one attached hydrogen (secondary N) is 1. The van der Waals surface area contributed by atoms with Gasteiger partial charge in [-0.25, -0.2) is 0 Å². The molecule has 254 valence electrons. The number of aryl methyl sites for hydroxylation is 1. The van der Waals surface area contributed by atoms with E-state index in [1.807, 2.05) is 0 Å². The van der Waals surface area contributed by atoms with E-state index in [1.54, 1.807) is 0 Å². The van der Waals surface area contributed by atoms with Crippen LogP contribution in [0, 0.1) is 17.8 Å². The SMILES string of the molecule is CCc1cc2c(cc1C(=O)NCCN1CCOCC1)=CC(=CCC1CCCC(C(=O)c3ccc(C(F)(F)F)cc3)CCC1)CC(C)C=2. The average Bonchev–Trinajstić information content (AvgIpc) is 3.20. The standard InChI is InChI=1S/C39H49F3N2O3/c1-3-30-25-33-23-27(2)22-29(24-34(33)26-36(30)38(46)43-16-17-44-18-20-47-21-19-44)11-10-28-6-4-8-31(9-5-7-28)37(45)32-12-14-35(15-13-32)39(40,41)42/h11-15,23-28,31H,3-10,16-22H2,1-2H3,(H,43,46). The second-order valence-corrected chi connectivity index (χ2v) is 13.6. The first-order valence-corrected chi connectivity index (χ1v) is 17.5. The summed E-state index contributed by atoms with van der Waals surface area (Å²) in [6.07, 6.45) is 10.8. The molecular weight excluding hydrogens is 601 g/mol. The third-order valence-electron chi connectivity index (χ3n) is 10.0. The molecule has 2 aromatic rings. The molecule has 5 nitrogen and oxygen atoms in total. The Hall–Kier alpha value is -3.23. The van der Waals surface area contributed by atoms with Gasteiger partial charge in [-0.3, -0.25) is 14.5 Å². The van der Waals surface area contributed by atoms with Crippen LogP contribution < -0.4 is 15.8 Å². The minimum atomic E-state index is -4.40. The molecule has 3 aliphatic rings. The smallest absolute Gasteiger partial charge is 0.379 e. The van der Waals surface area contributed by atoms with Crippen molar-refractivity contribution in [1.82, 2.24) is 10.2 Å². The van der Waals surface area contributed by atoms with E-state index in [-0.39, 0.29) is 17.6 Å². The number of fused-ring (bicyclic) bond motifs is 1. The van der Waals surface area contributed by atoms with Gasteiger partial charge >= 0.3 is 6.18 Å². The van der Waals surface area contributed by atoms with Crippen molar-refractivity contribution in [2.24, 2.45) is 17.8 Å². The molecule has 2 fully saturated rings. The van der Waals surface area contributed by atoms with Crippen molar-refractivity contribution in [3.8, 4) is 0 Å². The van der Waals surface area contributed by atoms with Crippen LogP contribution in [0.4, 0.5) is 13.2 Å². The van der Waals surface area contributed by atoms with Crippen molar-refractivity contribution in [3.05, 3.63) is 80.7 Å². The summed E-state index contributed by atoms with van der Waals surface area (Å²) in [5.41, 5.74) is 2.78. The first kappa shape index (κ1) is 35.1. The maximum atomic E-state index is 13.3. The monoisotopic (exact) mass is 650 g/mol. The van der Waals surface area contributed by atoms with Gasteiger partial charge in [-0.15, -0.1) is 0 Å². The molecule has 8 heteroatoms. The van der Waals surface area contributed by atoms with Crippen molar-refractivity contribution >= 4 is 23.8 Å². The van der Waals surface area contributed by atoms with E-state index in [4.69, 9.17) is 4.74 Å². The summed E-state index contributed by atoms with van der Waals surface area (Å²) < 4.78 is 44.3. The number of hydrogen-bond donors (Lipinski definition) is 1. The molecular formula is C39H49F3N2O3. The number of ether oxygens (including phenoxy) is 1. The highest BCUT2D eigenvalue weighted by molar-refractivity contribution is 5.98. The highest BCUT2D eigenvalue weighted by Gasteiger charge is 2.31. The van der Waals surface area contributed by atoms with Crippen LogP contribution in [0.3, 0.4) is 0 Å². The van der Waals surface area contributed by atoms with Crippen LogP contribution in [0.1, 0.15) is 97.1 Å². The summed E-state index contributed by atoms with van der Waals surface area (Å²) in [4.78, 5) is 28.7. The van der Waals surface area contributed by atoms with E-state index < -0.39 is 11.7 Å². The number of ketones is 1. The number of benzene rings is 2. The fourth-order valence-corrected chi connectivity index (χ4v) is 7.31. The first-order chi connectivity index (χ1) is 22.6. The molecule has 47 heavy (non-hydrogen) atoms. The van der Waals surface area contributed by atoms with Crippen LogP contribution in [0.5, 0.6) is 0 Å². The normalized spacial score (nSPS) is 23.4. The number of morpholine rings is 1. The zero-order valence-electron chi connectivity index (χ0n) is 27.8. The number of alkyl halides is 3. The van der Waals surface area contributed by atoms with E-state index in [0.717, 1.165) is 119 Å². The number of rotatable bonds is 9. The topological polar surface area (TPSA) is 58.6 Å². The van der Waals surface area contributed by atoms with Gasteiger partial charge in [0.2, 0.25) is 0 Å². The van der Waals surface area contributed by atoms with Crippen molar-refractivity contribution in [1.29, 1.82) is 0 Å². The summed E-state index contributed by atoms with van der Waals surface area (Å²) in [6.45, 7) is 9.08. The predicted octanol–water partition coefficient (Wildman–Crippen LogP) is 6.72. The van der Waals surface area contributed by atoms with Crippen LogP contribution in [0.2, 0.25) is 0 Å². The lowest BCUT2D eigenvalue weighted by Gasteiger charge is -2.26. The molecule has 1 heterocycles. The lowest BCUT2D eigenvalue weighted by Crippen LogP contribution is -2.41. The molecule has 1 saturated heterocycles. The quantitative estimate of drug-likeness (QED) is 0.307. The first-order valence-electron chi connectivity index (χ1n) is 17.5. The second-order valence-electron chi connectivity index (χ2n) is 13.6. The molecule has 0 spiro atoms. The van der Waals surface area contributed by atoms with Crippen LogP contribution >= 0.6 is 0 Å². The number of halogens is 3. The van der Waals surface area contributed by atoms with Gasteiger partial charge in [0.25, 0.3) is 5.91 Å². The number of nitrogens with zero attached hydrogens (tertiary/aromatic N) is 1. The number of carbonyl (C=O) groups is 2. The van der Waals surface area contributed by atoms with Gasteiger partial charge in [-0.1, -0.05) is 81.5 Å². The van der Waals surface area contributed by atoms with Crippen LogP contribution in [-0.4, -0.2) is 56.0 Å². The van der Waals surface area contributed by atoms with Crippen LogP contribution in [0.15, 0.2) is 48.0 Å². The molecule has 2 aliphatic carbocycles. The van der Waals surface area contributed by atoms with Crippen molar-refractivity contribution in [2.75, 3.05) is 39.4 Å². The average molecular weight is 651 g/mol. The number of carbonyl (C=O) groups excluding carboxylic acids is 2. The van der Waals surface area contributed by atoms with E-state index in [9.17, 15) is 22.8 Å². The van der Waals surface area contributed by atoms with Crippen LogP contribution in [0.25, 0.3) is 12.2 Å². The molecule has 0 radical (unpaired) electrons.